The summed E-state index contributed by atoms with van der Waals surface area (Å²) >= 11 is 1.34. The van der Waals surface area contributed by atoms with Gasteiger partial charge in [0, 0.05) is 42.2 Å². The molecular formula is C18H22N4O4S. The number of rotatable bonds is 5. The number of ether oxygens (including phenoxy) is 1. The van der Waals surface area contributed by atoms with Crippen molar-refractivity contribution < 1.29 is 14.5 Å². The molecule has 1 aliphatic rings. The smallest absolute Gasteiger partial charge is 0.273 e. The Morgan fingerprint density at radius 3 is 2.78 bits per heavy atom. The molecule has 8 nitrogen and oxygen atoms in total. The van der Waals surface area contributed by atoms with Crippen LogP contribution in [0.1, 0.15) is 35.5 Å². The SMILES string of the molecule is Cc1ccc(C(=O)Nc2nc(CN3C[C@@H](C)O[C@H](C)C3)cs2)cc1[N+](=O)[O-]. The molecule has 0 unspecified atom stereocenters. The number of thiazole rings is 1. The Kier molecular flexibility index (Phi) is 5.83. The van der Waals surface area contributed by atoms with Crippen molar-refractivity contribution in [2.45, 2.75) is 39.5 Å². The van der Waals surface area contributed by atoms with Gasteiger partial charge < -0.3 is 4.74 Å². The topological polar surface area (TPSA) is 97.6 Å². The van der Waals surface area contributed by atoms with Gasteiger partial charge in [-0.1, -0.05) is 6.07 Å². The number of carbonyl (C=O) groups is 1. The molecule has 2 aromatic rings. The summed E-state index contributed by atoms with van der Waals surface area (Å²) in [6, 6.07) is 4.43. The number of nitro benzene ring substituents is 1. The fourth-order valence-corrected chi connectivity index (χ4v) is 3.89. The molecule has 1 saturated heterocycles. The summed E-state index contributed by atoms with van der Waals surface area (Å²) < 4.78 is 5.73. The van der Waals surface area contributed by atoms with Crippen LogP contribution in [0.3, 0.4) is 0 Å². The first-order chi connectivity index (χ1) is 12.8. The highest BCUT2D eigenvalue weighted by atomic mass is 32.1. The minimum atomic E-state index is -0.488. The average molecular weight is 390 g/mol. The molecule has 0 saturated carbocycles. The van der Waals surface area contributed by atoms with E-state index < -0.39 is 10.8 Å². The Bertz CT molecular complexity index is 844. The maximum Gasteiger partial charge on any atom is 0.273 e. The molecule has 1 aliphatic heterocycles. The van der Waals surface area contributed by atoms with Crippen molar-refractivity contribution in [2.75, 3.05) is 18.4 Å². The molecular weight excluding hydrogens is 368 g/mol. The number of amides is 1. The minimum Gasteiger partial charge on any atom is -0.373 e. The largest absolute Gasteiger partial charge is 0.373 e. The van der Waals surface area contributed by atoms with E-state index in [0.29, 0.717) is 17.2 Å². The van der Waals surface area contributed by atoms with Gasteiger partial charge in [-0.25, -0.2) is 4.98 Å². The van der Waals surface area contributed by atoms with Crippen LogP contribution in [-0.2, 0) is 11.3 Å². The second-order valence-electron chi connectivity index (χ2n) is 6.81. The van der Waals surface area contributed by atoms with Gasteiger partial charge in [0.15, 0.2) is 5.13 Å². The predicted molar refractivity (Wildman–Crippen MR) is 103 cm³/mol. The third-order valence-electron chi connectivity index (χ3n) is 4.32. The number of anilines is 1. The first-order valence-electron chi connectivity index (χ1n) is 8.70. The Morgan fingerprint density at radius 2 is 2.11 bits per heavy atom. The van der Waals surface area contributed by atoms with E-state index in [2.05, 4.69) is 29.0 Å². The van der Waals surface area contributed by atoms with Crippen LogP contribution in [0.2, 0.25) is 0 Å². The monoisotopic (exact) mass is 390 g/mol. The van der Waals surface area contributed by atoms with Gasteiger partial charge in [0.25, 0.3) is 11.6 Å². The molecule has 1 amide bonds. The summed E-state index contributed by atoms with van der Waals surface area (Å²) in [6.07, 6.45) is 0.368. The van der Waals surface area contributed by atoms with E-state index in [-0.39, 0.29) is 23.5 Å². The van der Waals surface area contributed by atoms with Crippen LogP contribution in [-0.4, -0.2) is 46.0 Å². The average Bonchev–Trinajstić information content (AvgIpc) is 3.00. The van der Waals surface area contributed by atoms with Crippen molar-refractivity contribution in [2.24, 2.45) is 0 Å². The van der Waals surface area contributed by atoms with Crippen LogP contribution in [0, 0.1) is 17.0 Å². The molecule has 2 heterocycles. The number of hydrogen-bond donors (Lipinski definition) is 1. The summed E-state index contributed by atoms with van der Waals surface area (Å²) in [5, 5.41) is 16.2. The quantitative estimate of drug-likeness (QED) is 0.622. The molecule has 9 heteroatoms. The second-order valence-corrected chi connectivity index (χ2v) is 7.67. The number of nitrogens with zero attached hydrogens (tertiary/aromatic N) is 3. The molecule has 0 aliphatic carbocycles. The standard InChI is InChI=1S/C18H22N4O4S/c1-11-4-5-14(6-16(11)22(24)25)17(23)20-18-19-15(10-27-18)9-21-7-12(2)26-13(3)8-21/h4-6,10,12-13H,7-9H2,1-3H3,(H,19,20,23)/t12-,13-/m1/s1. The number of nitro groups is 1. The molecule has 1 N–H and O–H groups in total. The first-order valence-corrected chi connectivity index (χ1v) is 9.58. The number of carbonyl (C=O) groups excluding carboxylic acids is 1. The molecule has 0 radical (unpaired) electrons. The van der Waals surface area contributed by atoms with Gasteiger partial charge in [-0.3, -0.25) is 25.1 Å². The summed E-state index contributed by atoms with van der Waals surface area (Å²) in [5.41, 5.74) is 1.56. The lowest BCUT2D eigenvalue weighted by Gasteiger charge is -2.34. The molecule has 0 bridgehead atoms. The molecule has 27 heavy (non-hydrogen) atoms. The number of aromatic nitrogens is 1. The van der Waals surface area contributed by atoms with E-state index in [1.54, 1.807) is 19.1 Å². The summed E-state index contributed by atoms with van der Waals surface area (Å²) in [7, 11) is 0. The van der Waals surface area contributed by atoms with E-state index in [4.69, 9.17) is 4.74 Å². The number of benzene rings is 1. The van der Waals surface area contributed by atoms with Gasteiger partial charge in [-0.2, -0.15) is 0 Å². The fourth-order valence-electron chi connectivity index (χ4n) is 3.20. The molecule has 144 valence electrons. The van der Waals surface area contributed by atoms with Crippen molar-refractivity contribution in [3.8, 4) is 0 Å². The van der Waals surface area contributed by atoms with Crippen LogP contribution in [0.25, 0.3) is 0 Å². The van der Waals surface area contributed by atoms with Crippen LogP contribution in [0.4, 0.5) is 10.8 Å². The molecule has 1 aromatic heterocycles. The number of morpholine rings is 1. The van der Waals surface area contributed by atoms with Crippen LogP contribution in [0.5, 0.6) is 0 Å². The zero-order chi connectivity index (χ0) is 19.6. The van der Waals surface area contributed by atoms with Gasteiger partial charge >= 0.3 is 0 Å². The minimum absolute atomic E-state index is 0.0713. The van der Waals surface area contributed by atoms with E-state index in [9.17, 15) is 14.9 Å². The lowest BCUT2D eigenvalue weighted by molar-refractivity contribution is -0.385. The van der Waals surface area contributed by atoms with Gasteiger partial charge in [0.2, 0.25) is 0 Å². The zero-order valence-corrected chi connectivity index (χ0v) is 16.3. The predicted octanol–water partition coefficient (Wildman–Crippen LogP) is 3.22. The van der Waals surface area contributed by atoms with Crippen molar-refractivity contribution in [3.05, 3.63) is 50.5 Å². The van der Waals surface area contributed by atoms with E-state index >= 15 is 0 Å². The van der Waals surface area contributed by atoms with Crippen LogP contribution in [0.15, 0.2) is 23.6 Å². The molecule has 2 atom stereocenters. The van der Waals surface area contributed by atoms with E-state index in [0.717, 1.165) is 18.8 Å². The maximum absolute atomic E-state index is 12.4. The third kappa shape index (κ3) is 4.88. The summed E-state index contributed by atoms with van der Waals surface area (Å²) in [4.78, 5) is 29.7. The Labute approximate surface area is 161 Å². The highest BCUT2D eigenvalue weighted by Crippen LogP contribution is 2.22. The van der Waals surface area contributed by atoms with Crippen molar-refractivity contribution >= 4 is 28.1 Å². The molecule has 1 fully saturated rings. The highest BCUT2D eigenvalue weighted by Gasteiger charge is 2.23. The Morgan fingerprint density at radius 1 is 1.41 bits per heavy atom. The number of aryl methyl sites for hydroxylation is 1. The summed E-state index contributed by atoms with van der Waals surface area (Å²) in [6.45, 7) is 8.13. The Hall–Kier alpha value is -2.36. The normalized spacial score (nSPS) is 20.4. The highest BCUT2D eigenvalue weighted by molar-refractivity contribution is 7.13. The molecule has 0 spiro atoms. The van der Waals surface area contributed by atoms with Crippen molar-refractivity contribution in [1.82, 2.24) is 9.88 Å². The first kappa shape index (κ1) is 19.4. The maximum atomic E-state index is 12.4. The zero-order valence-electron chi connectivity index (χ0n) is 15.5. The lowest BCUT2D eigenvalue weighted by Crippen LogP contribution is -2.44. The third-order valence-corrected chi connectivity index (χ3v) is 5.13. The fraction of sp³-hybridized carbons (Fsp3) is 0.444. The second kappa shape index (κ2) is 8.12. The van der Waals surface area contributed by atoms with Gasteiger partial charge in [-0.15, -0.1) is 11.3 Å². The summed E-state index contributed by atoms with van der Waals surface area (Å²) in [5.74, 6) is -0.410. The van der Waals surface area contributed by atoms with Gasteiger partial charge in [0.1, 0.15) is 0 Å². The number of hydrogen-bond acceptors (Lipinski definition) is 7. The lowest BCUT2D eigenvalue weighted by atomic mass is 10.1. The number of nitrogens with one attached hydrogen (secondary N) is 1. The molecule has 3 rings (SSSR count). The van der Waals surface area contributed by atoms with Crippen molar-refractivity contribution in [3.63, 3.8) is 0 Å². The van der Waals surface area contributed by atoms with E-state index in [1.807, 2.05) is 5.38 Å². The molecule has 1 aromatic carbocycles. The Balaban J connectivity index is 1.64. The van der Waals surface area contributed by atoms with Gasteiger partial charge in [0.05, 0.1) is 22.8 Å². The van der Waals surface area contributed by atoms with Crippen LogP contribution >= 0.6 is 11.3 Å². The van der Waals surface area contributed by atoms with E-state index in [1.165, 1.54) is 17.4 Å². The van der Waals surface area contributed by atoms with Crippen molar-refractivity contribution in [1.29, 1.82) is 0 Å². The van der Waals surface area contributed by atoms with Gasteiger partial charge in [-0.05, 0) is 26.8 Å². The van der Waals surface area contributed by atoms with Crippen LogP contribution < -0.4 is 5.32 Å².